The number of aromatic amines is 1. The Morgan fingerprint density at radius 3 is 1.97 bits per heavy atom. The summed E-state index contributed by atoms with van der Waals surface area (Å²) >= 11 is 0. The number of rotatable bonds is 8. The lowest BCUT2D eigenvalue weighted by Gasteiger charge is -2.32. The molecule has 10 heteroatoms. The molecule has 58 heavy (non-hydrogen) atoms. The van der Waals surface area contributed by atoms with Crippen LogP contribution in [0, 0.1) is 5.92 Å². The number of hydrogen-bond donors (Lipinski definition) is 2. The second-order valence-corrected chi connectivity index (χ2v) is 19.3. The number of imidazole rings is 1. The minimum atomic E-state index is -0.662. The van der Waals surface area contributed by atoms with E-state index in [1.807, 2.05) is 24.9 Å². The van der Waals surface area contributed by atoms with Crippen LogP contribution in [0.15, 0.2) is 54.7 Å². The first-order valence-corrected chi connectivity index (χ1v) is 21.8. The number of benzene rings is 3. The molecule has 302 valence electrons. The van der Waals surface area contributed by atoms with Crippen molar-refractivity contribution in [2.75, 3.05) is 13.7 Å². The summed E-state index contributed by atoms with van der Waals surface area (Å²) in [5.41, 5.74) is 14.3. The SMILES string of the molecule is COC(=O)NC(C(=O)N1CCCC1c1ncc(-c2ccc(-c3ccc(-c4ccc(B5OC(C)(C)C(C)(C)O5)c5c4C4CCC5C4)c4c3C3CCC4C3)cc2)[nH]1)C(C)C. The number of methoxy groups -OCH3 is 1. The van der Waals surface area contributed by atoms with Crippen molar-refractivity contribution in [3.8, 4) is 33.5 Å². The molecule has 0 radical (unpaired) electrons. The Morgan fingerprint density at radius 1 is 0.793 bits per heavy atom. The number of fused-ring (bicyclic) bond motifs is 10. The van der Waals surface area contributed by atoms with Gasteiger partial charge in [-0.25, -0.2) is 9.78 Å². The first-order valence-electron chi connectivity index (χ1n) is 21.8. The molecule has 2 amide bonds. The summed E-state index contributed by atoms with van der Waals surface area (Å²) in [4.78, 5) is 35.9. The lowest BCUT2D eigenvalue weighted by atomic mass is 9.69. The molecule has 3 heterocycles. The highest BCUT2D eigenvalue weighted by Gasteiger charge is 2.54. The van der Waals surface area contributed by atoms with Gasteiger partial charge in [-0.2, -0.15) is 0 Å². The molecule has 9 nitrogen and oxygen atoms in total. The highest BCUT2D eigenvalue weighted by atomic mass is 16.7. The topological polar surface area (TPSA) is 106 Å². The lowest BCUT2D eigenvalue weighted by molar-refractivity contribution is -0.135. The van der Waals surface area contributed by atoms with E-state index in [0.29, 0.717) is 30.2 Å². The molecule has 1 aromatic heterocycles. The zero-order valence-corrected chi connectivity index (χ0v) is 35.1. The second kappa shape index (κ2) is 13.8. The molecule has 2 aliphatic heterocycles. The Morgan fingerprint density at radius 2 is 1.34 bits per heavy atom. The molecule has 3 aromatic carbocycles. The van der Waals surface area contributed by atoms with Crippen molar-refractivity contribution in [2.24, 2.45) is 5.92 Å². The van der Waals surface area contributed by atoms with E-state index in [2.05, 4.69) is 86.5 Å². The van der Waals surface area contributed by atoms with Gasteiger partial charge in [-0.15, -0.1) is 0 Å². The summed E-state index contributed by atoms with van der Waals surface area (Å²) in [5.74, 6) is 3.01. The molecule has 6 unspecified atom stereocenters. The van der Waals surface area contributed by atoms with E-state index in [1.165, 1.54) is 78.9 Å². The van der Waals surface area contributed by atoms with Crippen LogP contribution in [0.2, 0.25) is 0 Å². The van der Waals surface area contributed by atoms with Crippen LogP contribution >= 0.6 is 0 Å². The third-order valence-corrected chi connectivity index (χ3v) is 15.2. The predicted molar refractivity (Wildman–Crippen MR) is 227 cm³/mol. The van der Waals surface area contributed by atoms with Gasteiger partial charge in [0.1, 0.15) is 11.9 Å². The molecule has 6 atom stereocenters. The number of carbonyl (C=O) groups excluding carboxylic acids is 2. The number of aromatic nitrogens is 2. The predicted octanol–water partition coefficient (Wildman–Crippen LogP) is 9.48. The van der Waals surface area contributed by atoms with Crippen LogP contribution in [0.25, 0.3) is 33.5 Å². The number of alkyl carbamates (subject to hydrolysis) is 1. The fourth-order valence-electron chi connectivity index (χ4n) is 11.6. The molecular weight excluding hydrogens is 723 g/mol. The standard InChI is InChI=1S/C48H57BN4O5/c1-26(2)43(52-46(55)56-7)45(54)53-22-8-9-38(53)44-50-25-37(51-44)28-12-10-27(11-13-28)33-18-19-34(40-30-15-14-29(23-30)39(33)40)35-20-21-36(42-32-17-16-31(24-32)41(35)42)49-57-47(3,4)48(5,6)58-49/h10-13,18-21,25-26,29-32,38,43H,8-9,14-17,22-24H2,1-7H3,(H,50,51)(H,52,55). The van der Waals surface area contributed by atoms with Crippen molar-refractivity contribution in [3.05, 3.63) is 82.8 Å². The largest absolute Gasteiger partial charge is 0.495 e. The van der Waals surface area contributed by atoms with E-state index in [4.69, 9.17) is 19.0 Å². The lowest BCUT2D eigenvalue weighted by Crippen LogP contribution is -2.51. The molecule has 4 aromatic rings. The van der Waals surface area contributed by atoms with Crippen molar-refractivity contribution >= 4 is 24.6 Å². The molecule has 2 saturated heterocycles. The normalized spacial score (nSPS) is 26.4. The molecular formula is C48H57BN4O5. The molecule has 4 bridgehead atoms. The molecule has 6 aliphatic rings. The van der Waals surface area contributed by atoms with Gasteiger partial charge in [0.15, 0.2) is 0 Å². The van der Waals surface area contributed by atoms with E-state index in [1.54, 1.807) is 16.7 Å². The van der Waals surface area contributed by atoms with Gasteiger partial charge in [0.05, 0.1) is 36.2 Å². The minimum absolute atomic E-state index is 0.0816. The Balaban J connectivity index is 0.942. The van der Waals surface area contributed by atoms with Gasteiger partial charge in [0.25, 0.3) is 0 Å². The van der Waals surface area contributed by atoms with Crippen LogP contribution < -0.4 is 10.8 Å². The third kappa shape index (κ3) is 5.90. The van der Waals surface area contributed by atoms with Gasteiger partial charge >= 0.3 is 13.2 Å². The molecule has 4 fully saturated rings. The molecule has 4 aliphatic carbocycles. The summed E-state index contributed by atoms with van der Waals surface area (Å²) in [6, 6.07) is 17.7. The van der Waals surface area contributed by atoms with Crippen LogP contribution in [0.3, 0.4) is 0 Å². The van der Waals surface area contributed by atoms with Gasteiger partial charge in [-0.1, -0.05) is 62.4 Å². The first kappa shape index (κ1) is 37.8. The highest BCUT2D eigenvalue weighted by molar-refractivity contribution is 6.62. The summed E-state index contributed by atoms with van der Waals surface area (Å²) in [7, 11) is 0.991. The quantitative estimate of drug-likeness (QED) is 0.173. The van der Waals surface area contributed by atoms with Gasteiger partial charge < -0.3 is 29.2 Å². The monoisotopic (exact) mass is 780 g/mol. The maximum absolute atomic E-state index is 13.7. The number of nitrogens with one attached hydrogen (secondary N) is 2. The van der Waals surface area contributed by atoms with E-state index < -0.39 is 12.1 Å². The maximum atomic E-state index is 13.7. The number of nitrogens with zero attached hydrogens (tertiary/aromatic N) is 2. The Kier molecular flexibility index (Phi) is 9.03. The Hall–Kier alpha value is -4.41. The summed E-state index contributed by atoms with van der Waals surface area (Å²) < 4.78 is 18.1. The average Bonchev–Trinajstić information content (AvgIpc) is 4.08. The van der Waals surface area contributed by atoms with Crippen molar-refractivity contribution in [1.29, 1.82) is 0 Å². The van der Waals surface area contributed by atoms with Crippen LogP contribution in [-0.2, 0) is 18.8 Å². The first-order chi connectivity index (χ1) is 27.8. The summed E-state index contributed by atoms with van der Waals surface area (Å²) in [5, 5.41) is 2.74. The van der Waals surface area contributed by atoms with Crippen molar-refractivity contribution in [1.82, 2.24) is 20.2 Å². The van der Waals surface area contributed by atoms with E-state index >= 15 is 0 Å². The van der Waals surface area contributed by atoms with Crippen molar-refractivity contribution in [3.63, 3.8) is 0 Å². The van der Waals surface area contributed by atoms with Crippen molar-refractivity contribution in [2.45, 2.75) is 140 Å². The van der Waals surface area contributed by atoms with Gasteiger partial charge in [0.2, 0.25) is 5.91 Å². The maximum Gasteiger partial charge on any atom is 0.495 e. The van der Waals surface area contributed by atoms with Crippen LogP contribution in [0.1, 0.15) is 151 Å². The van der Waals surface area contributed by atoms with Crippen molar-refractivity contribution < 1.29 is 23.6 Å². The molecule has 10 rings (SSSR count). The van der Waals surface area contributed by atoms with Gasteiger partial charge in [-0.3, -0.25) is 4.79 Å². The zero-order valence-electron chi connectivity index (χ0n) is 35.1. The smallest absolute Gasteiger partial charge is 0.453 e. The van der Waals surface area contributed by atoms with Crippen LogP contribution in [0.4, 0.5) is 4.79 Å². The number of carbonyl (C=O) groups is 2. The Labute approximate surface area is 343 Å². The average molecular weight is 781 g/mol. The van der Waals surface area contributed by atoms with E-state index in [-0.39, 0.29) is 36.2 Å². The number of amides is 2. The fraction of sp³-hybridized carbons (Fsp3) is 0.521. The van der Waals surface area contributed by atoms with E-state index in [0.717, 1.165) is 29.9 Å². The number of hydrogen-bond acceptors (Lipinski definition) is 6. The van der Waals surface area contributed by atoms with Crippen LogP contribution in [0.5, 0.6) is 0 Å². The molecule has 2 saturated carbocycles. The highest BCUT2D eigenvalue weighted by Crippen LogP contribution is 2.61. The minimum Gasteiger partial charge on any atom is -0.453 e. The third-order valence-electron chi connectivity index (χ3n) is 15.2. The number of ether oxygens (including phenoxy) is 1. The van der Waals surface area contributed by atoms with Gasteiger partial charge in [0, 0.05) is 6.54 Å². The number of likely N-dealkylation sites (tertiary alicyclic amines) is 1. The van der Waals surface area contributed by atoms with Gasteiger partial charge in [-0.05, 0) is 164 Å². The molecule has 2 N–H and O–H groups in total. The summed E-state index contributed by atoms with van der Waals surface area (Å²) in [6.07, 6.45) is 10.6. The summed E-state index contributed by atoms with van der Waals surface area (Å²) in [6.45, 7) is 13.1. The number of H-pyrrole nitrogens is 1. The van der Waals surface area contributed by atoms with E-state index in [9.17, 15) is 9.59 Å². The fourth-order valence-corrected chi connectivity index (χ4v) is 11.6. The second-order valence-electron chi connectivity index (χ2n) is 19.3. The molecule has 0 spiro atoms. The zero-order chi connectivity index (χ0) is 40.2. The Bertz CT molecular complexity index is 2280. The van der Waals surface area contributed by atoms with Crippen LogP contribution in [-0.4, -0.2) is 64.9 Å².